The maximum Gasteiger partial charge on any atom is 0.174 e. The minimum atomic E-state index is -0.670. The van der Waals surface area contributed by atoms with E-state index in [1.165, 1.54) is 18.2 Å². The first kappa shape index (κ1) is 16.9. The van der Waals surface area contributed by atoms with Gasteiger partial charge in [-0.3, -0.25) is 4.79 Å². The van der Waals surface area contributed by atoms with Gasteiger partial charge in [0.1, 0.15) is 35.0 Å². The molecule has 2 atom stereocenters. The fourth-order valence-corrected chi connectivity index (χ4v) is 2.70. The molecule has 132 valence electrons. The zero-order valence-electron chi connectivity index (χ0n) is 13.5. The maximum absolute atomic E-state index is 12.3. The van der Waals surface area contributed by atoms with Crippen LogP contribution >= 0.6 is 0 Å². The highest BCUT2D eigenvalue weighted by atomic mass is 16.5. The van der Waals surface area contributed by atoms with Crippen molar-refractivity contribution in [2.24, 2.45) is 0 Å². The van der Waals surface area contributed by atoms with Gasteiger partial charge in [0.15, 0.2) is 17.3 Å². The third-order valence-electron chi connectivity index (χ3n) is 3.93. The molecule has 2 aromatic rings. The molecule has 0 aromatic heterocycles. The standard InChI is InChI=1S/C18H18O7/c1-9(8-19)24-15-3-2-10(4-12(15)21)16-7-14(23)18-13(22)5-11(20)6-17(18)25-16/h2-6,9,16,19-22H,7-8H2,1H3/t9-,16?/m1/s1. The molecular formula is C18H18O7. The van der Waals surface area contributed by atoms with Crippen LogP contribution in [-0.4, -0.2) is 38.9 Å². The number of aliphatic hydroxyl groups excluding tert-OH is 1. The summed E-state index contributed by atoms with van der Waals surface area (Å²) in [6.45, 7) is 1.47. The third kappa shape index (κ3) is 3.32. The average Bonchev–Trinajstić information content (AvgIpc) is 2.55. The number of hydrogen-bond acceptors (Lipinski definition) is 7. The highest BCUT2D eigenvalue weighted by molar-refractivity contribution is 6.02. The van der Waals surface area contributed by atoms with E-state index in [4.69, 9.17) is 14.6 Å². The minimum Gasteiger partial charge on any atom is -0.508 e. The molecule has 0 amide bonds. The van der Waals surface area contributed by atoms with Crippen molar-refractivity contribution in [3.8, 4) is 28.7 Å². The first-order chi connectivity index (χ1) is 11.9. The molecule has 0 saturated carbocycles. The molecule has 0 bridgehead atoms. The van der Waals surface area contributed by atoms with Crippen molar-refractivity contribution in [3.63, 3.8) is 0 Å². The molecule has 0 saturated heterocycles. The Bertz CT molecular complexity index is 815. The van der Waals surface area contributed by atoms with Crippen molar-refractivity contribution in [1.82, 2.24) is 0 Å². The van der Waals surface area contributed by atoms with E-state index in [2.05, 4.69) is 0 Å². The number of ether oxygens (including phenoxy) is 2. The Labute approximate surface area is 143 Å². The van der Waals surface area contributed by atoms with Crippen LogP contribution in [0.4, 0.5) is 0 Å². The predicted octanol–water partition coefficient (Wildman–Crippen LogP) is 2.27. The highest BCUT2D eigenvalue weighted by Crippen LogP contribution is 2.42. The Morgan fingerprint density at radius 2 is 1.96 bits per heavy atom. The minimum absolute atomic E-state index is 0.0159. The molecular weight excluding hydrogens is 328 g/mol. The monoisotopic (exact) mass is 346 g/mol. The fourth-order valence-electron chi connectivity index (χ4n) is 2.70. The largest absolute Gasteiger partial charge is 0.508 e. The molecule has 25 heavy (non-hydrogen) atoms. The first-order valence-corrected chi connectivity index (χ1v) is 7.75. The van der Waals surface area contributed by atoms with Gasteiger partial charge in [-0.2, -0.15) is 0 Å². The van der Waals surface area contributed by atoms with Crippen molar-refractivity contribution in [2.75, 3.05) is 6.61 Å². The van der Waals surface area contributed by atoms with Crippen molar-refractivity contribution in [2.45, 2.75) is 25.6 Å². The van der Waals surface area contributed by atoms with E-state index in [-0.39, 0.29) is 53.1 Å². The third-order valence-corrected chi connectivity index (χ3v) is 3.93. The number of fused-ring (bicyclic) bond motifs is 1. The molecule has 1 heterocycles. The fraction of sp³-hybridized carbons (Fsp3) is 0.278. The summed E-state index contributed by atoms with van der Waals surface area (Å²) in [5, 5.41) is 38.5. The molecule has 2 aromatic carbocycles. The number of carbonyl (C=O) groups is 1. The number of aliphatic hydroxyl groups is 1. The van der Waals surface area contributed by atoms with Gasteiger partial charge in [0.25, 0.3) is 0 Å². The number of rotatable bonds is 4. The molecule has 0 spiro atoms. The van der Waals surface area contributed by atoms with Gasteiger partial charge < -0.3 is 29.9 Å². The summed E-state index contributed by atoms with van der Waals surface area (Å²) >= 11 is 0. The molecule has 0 radical (unpaired) electrons. The number of Topliss-reactive ketones (excluding diaryl/α,β-unsaturated/α-hetero) is 1. The smallest absolute Gasteiger partial charge is 0.174 e. The average molecular weight is 346 g/mol. The van der Waals surface area contributed by atoms with E-state index >= 15 is 0 Å². The number of phenols is 3. The summed E-state index contributed by atoms with van der Waals surface area (Å²) in [4.78, 5) is 12.3. The molecule has 3 rings (SSSR count). The first-order valence-electron chi connectivity index (χ1n) is 7.75. The van der Waals surface area contributed by atoms with Gasteiger partial charge in [0.2, 0.25) is 0 Å². The zero-order chi connectivity index (χ0) is 18.1. The Hall–Kier alpha value is -2.93. The van der Waals surface area contributed by atoms with E-state index in [0.29, 0.717) is 5.56 Å². The number of aromatic hydroxyl groups is 3. The normalized spacial score (nSPS) is 17.5. The second-order valence-corrected chi connectivity index (χ2v) is 5.91. The van der Waals surface area contributed by atoms with Gasteiger partial charge in [-0.25, -0.2) is 0 Å². The van der Waals surface area contributed by atoms with Gasteiger partial charge in [-0.15, -0.1) is 0 Å². The van der Waals surface area contributed by atoms with Crippen LogP contribution in [0.25, 0.3) is 0 Å². The Morgan fingerprint density at radius 1 is 1.20 bits per heavy atom. The molecule has 1 aliphatic heterocycles. The second-order valence-electron chi connectivity index (χ2n) is 5.91. The summed E-state index contributed by atoms with van der Waals surface area (Å²) in [7, 11) is 0. The van der Waals surface area contributed by atoms with Gasteiger partial charge in [0.05, 0.1) is 13.0 Å². The molecule has 0 aliphatic carbocycles. The summed E-state index contributed by atoms with van der Waals surface area (Å²) in [6, 6.07) is 6.94. The molecule has 7 nitrogen and oxygen atoms in total. The summed E-state index contributed by atoms with van der Waals surface area (Å²) in [5.74, 6) is -0.705. The Morgan fingerprint density at radius 3 is 2.64 bits per heavy atom. The second kappa shape index (κ2) is 6.52. The van der Waals surface area contributed by atoms with Crippen LogP contribution in [-0.2, 0) is 0 Å². The van der Waals surface area contributed by atoms with E-state index in [1.54, 1.807) is 13.0 Å². The van der Waals surface area contributed by atoms with Crippen LogP contribution < -0.4 is 9.47 Å². The Balaban J connectivity index is 1.88. The van der Waals surface area contributed by atoms with E-state index in [0.717, 1.165) is 6.07 Å². The SMILES string of the molecule is C[C@H](CO)Oc1ccc(C2CC(=O)c3c(O)cc(O)cc3O2)cc1O. The maximum atomic E-state index is 12.3. The van der Waals surface area contributed by atoms with Crippen LogP contribution in [0.2, 0.25) is 0 Å². The lowest BCUT2D eigenvalue weighted by atomic mass is 9.95. The zero-order valence-corrected chi connectivity index (χ0v) is 13.5. The number of carbonyl (C=O) groups excluding carboxylic acids is 1. The van der Waals surface area contributed by atoms with Gasteiger partial charge in [0, 0.05) is 12.1 Å². The van der Waals surface area contributed by atoms with Crippen LogP contribution in [0.5, 0.6) is 28.7 Å². The predicted molar refractivity (Wildman–Crippen MR) is 87.4 cm³/mol. The number of hydrogen-bond donors (Lipinski definition) is 4. The number of benzene rings is 2. The van der Waals surface area contributed by atoms with Crippen LogP contribution in [0.1, 0.15) is 35.4 Å². The van der Waals surface area contributed by atoms with Gasteiger partial charge >= 0.3 is 0 Å². The lowest BCUT2D eigenvalue weighted by Crippen LogP contribution is -2.20. The lowest BCUT2D eigenvalue weighted by molar-refractivity contribution is 0.0844. The number of phenolic OH excluding ortho intramolecular Hbond substituents is 3. The highest BCUT2D eigenvalue weighted by Gasteiger charge is 2.31. The molecule has 4 N–H and O–H groups in total. The topological polar surface area (TPSA) is 116 Å². The summed E-state index contributed by atoms with van der Waals surface area (Å²) in [5.41, 5.74) is 0.582. The quantitative estimate of drug-likeness (QED) is 0.671. The van der Waals surface area contributed by atoms with Crippen molar-refractivity contribution < 1.29 is 34.7 Å². The van der Waals surface area contributed by atoms with Crippen molar-refractivity contribution in [3.05, 3.63) is 41.5 Å². The molecule has 1 aliphatic rings. The van der Waals surface area contributed by atoms with Gasteiger partial charge in [-0.1, -0.05) is 6.07 Å². The van der Waals surface area contributed by atoms with Crippen molar-refractivity contribution in [1.29, 1.82) is 0 Å². The van der Waals surface area contributed by atoms with E-state index in [9.17, 15) is 20.1 Å². The Kier molecular flexibility index (Phi) is 4.41. The van der Waals surface area contributed by atoms with Crippen LogP contribution in [0, 0.1) is 0 Å². The lowest BCUT2D eigenvalue weighted by Gasteiger charge is -2.26. The molecule has 0 fully saturated rings. The summed E-state index contributed by atoms with van der Waals surface area (Å²) < 4.78 is 11.1. The van der Waals surface area contributed by atoms with Gasteiger partial charge in [-0.05, 0) is 24.6 Å². The van der Waals surface area contributed by atoms with E-state index < -0.39 is 12.2 Å². The van der Waals surface area contributed by atoms with E-state index in [1.807, 2.05) is 0 Å². The van der Waals surface area contributed by atoms with Crippen molar-refractivity contribution >= 4 is 5.78 Å². The molecule has 7 heteroatoms. The summed E-state index contributed by atoms with van der Waals surface area (Å²) in [6.07, 6.45) is -1.16. The van der Waals surface area contributed by atoms with Crippen LogP contribution in [0.3, 0.4) is 0 Å². The van der Waals surface area contributed by atoms with Crippen LogP contribution in [0.15, 0.2) is 30.3 Å². The number of ketones is 1. The molecule has 1 unspecified atom stereocenters.